The maximum atomic E-state index is 11.7. The van der Waals surface area contributed by atoms with Gasteiger partial charge in [-0.3, -0.25) is 4.79 Å². The Morgan fingerprint density at radius 3 is 2.45 bits per heavy atom. The molecule has 0 aliphatic heterocycles. The predicted octanol–water partition coefficient (Wildman–Crippen LogP) is 2.34. The van der Waals surface area contributed by atoms with Gasteiger partial charge in [-0.25, -0.2) is 4.79 Å². The highest BCUT2D eigenvalue weighted by Gasteiger charge is 2.15. The number of rotatable bonds is 7. The first-order chi connectivity index (χ1) is 9.50. The van der Waals surface area contributed by atoms with Crippen LogP contribution in [0, 0.1) is 0 Å². The van der Waals surface area contributed by atoms with Crippen molar-refractivity contribution < 1.29 is 14.7 Å². The van der Waals surface area contributed by atoms with Crippen molar-refractivity contribution in [2.24, 2.45) is 0 Å². The summed E-state index contributed by atoms with van der Waals surface area (Å²) in [5.74, 6) is -0.640. The molecule has 1 aromatic rings. The van der Waals surface area contributed by atoms with E-state index in [0.29, 0.717) is 13.0 Å². The summed E-state index contributed by atoms with van der Waals surface area (Å²) in [7, 11) is 0. The van der Waals surface area contributed by atoms with Crippen molar-refractivity contribution in [2.75, 3.05) is 6.54 Å². The van der Waals surface area contributed by atoms with Crippen molar-refractivity contribution in [3.63, 3.8) is 0 Å². The first-order valence-corrected chi connectivity index (χ1v) is 6.82. The van der Waals surface area contributed by atoms with E-state index in [2.05, 4.69) is 17.6 Å². The Balaban J connectivity index is 2.32. The Kier molecular flexibility index (Phi) is 6.56. The highest BCUT2D eigenvalue weighted by Crippen LogP contribution is 2.18. The van der Waals surface area contributed by atoms with E-state index in [1.807, 2.05) is 37.3 Å². The van der Waals surface area contributed by atoms with Crippen LogP contribution in [0.3, 0.4) is 0 Å². The fourth-order valence-electron chi connectivity index (χ4n) is 1.87. The number of hydrogen-bond donors (Lipinski definition) is 3. The average molecular weight is 278 g/mol. The van der Waals surface area contributed by atoms with Crippen LogP contribution in [0.4, 0.5) is 4.79 Å². The second-order valence-electron chi connectivity index (χ2n) is 4.89. The number of nitrogens with one attached hydrogen (secondary N) is 2. The van der Waals surface area contributed by atoms with Crippen molar-refractivity contribution >= 4 is 12.0 Å². The summed E-state index contributed by atoms with van der Waals surface area (Å²) >= 11 is 0. The van der Waals surface area contributed by atoms with Gasteiger partial charge in [0.05, 0.1) is 0 Å². The summed E-state index contributed by atoms with van der Waals surface area (Å²) in [5.41, 5.74) is 1.17. The second-order valence-corrected chi connectivity index (χ2v) is 4.89. The van der Waals surface area contributed by atoms with Crippen molar-refractivity contribution in [3.8, 4) is 0 Å². The Morgan fingerprint density at radius 1 is 1.20 bits per heavy atom. The van der Waals surface area contributed by atoms with Gasteiger partial charge in [0.15, 0.2) is 0 Å². The molecule has 0 saturated carbocycles. The molecule has 1 aromatic carbocycles. The number of amides is 2. The minimum Gasteiger partial charge on any atom is -0.481 e. The molecule has 20 heavy (non-hydrogen) atoms. The molecule has 5 heteroatoms. The van der Waals surface area contributed by atoms with Gasteiger partial charge >= 0.3 is 12.0 Å². The molecule has 3 N–H and O–H groups in total. The Bertz CT molecular complexity index is 434. The lowest BCUT2D eigenvalue weighted by Crippen LogP contribution is -2.43. The minimum absolute atomic E-state index is 0.00289. The normalized spacial score (nSPS) is 13.3. The molecule has 0 fully saturated rings. The van der Waals surface area contributed by atoms with Gasteiger partial charge in [-0.05, 0) is 18.9 Å². The fraction of sp³-hybridized carbons (Fsp3) is 0.467. The van der Waals surface area contributed by atoms with E-state index in [4.69, 9.17) is 5.11 Å². The maximum Gasteiger partial charge on any atom is 0.315 e. The van der Waals surface area contributed by atoms with Gasteiger partial charge in [-0.2, -0.15) is 0 Å². The number of carbonyl (C=O) groups excluding carboxylic acids is 1. The number of aliphatic carboxylic acids is 1. The van der Waals surface area contributed by atoms with Crippen molar-refractivity contribution in [3.05, 3.63) is 35.9 Å². The van der Waals surface area contributed by atoms with Gasteiger partial charge in [0.25, 0.3) is 0 Å². The SMILES string of the molecule is CC(NC(=O)NCCCC(=O)O)C(C)c1ccccc1. The smallest absolute Gasteiger partial charge is 0.315 e. The summed E-state index contributed by atoms with van der Waals surface area (Å²) in [4.78, 5) is 22.0. The minimum atomic E-state index is -0.849. The topological polar surface area (TPSA) is 78.4 Å². The van der Waals surface area contributed by atoms with Crippen molar-refractivity contribution in [1.82, 2.24) is 10.6 Å². The fourth-order valence-corrected chi connectivity index (χ4v) is 1.87. The van der Waals surface area contributed by atoms with Gasteiger partial charge in [0, 0.05) is 24.9 Å². The summed E-state index contributed by atoms with van der Waals surface area (Å²) < 4.78 is 0. The molecule has 2 atom stereocenters. The zero-order valence-electron chi connectivity index (χ0n) is 11.9. The maximum absolute atomic E-state index is 11.7. The van der Waals surface area contributed by atoms with Crippen LogP contribution in [0.25, 0.3) is 0 Å². The van der Waals surface area contributed by atoms with E-state index >= 15 is 0 Å². The molecule has 2 unspecified atom stereocenters. The molecule has 0 aromatic heterocycles. The highest BCUT2D eigenvalue weighted by atomic mass is 16.4. The Labute approximate surface area is 119 Å². The van der Waals surface area contributed by atoms with E-state index in [1.54, 1.807) is 0 Å². The number of hydrogen-bond acceptors (Lipinski definition) is 2. The molecule has 0 aliphatic rings. The standard InChI is InChI=1S/C15H22N2O3/c1-11(13-7-4-3-5-8-13)12(2)17-15(20)16-10-6-9-14(18)19/h3-5,7-8,11-12H,6,9-10H2,1-2H3,(H,18,19)(H2,16,17,20). The third kappa shape index (κ3) is 5.73. The zero-order valence-corrected chi connectivity index (χ0v) is 11.9. The van der Waals surface area contributed by atoms with Gasteiger partial charge < -0.3 is 15.7 Å². The van der Waals surface area contributed by atoms with Crippen LogP contribution in [-0.4, -0.2) is 29.7 Å². The third-order valence-electron chi connectivity index (χ3n) is 3.29. The molecular formula is C15H22N2O3. The monoisotopic (exact) mass is 278 g/mol. The van der Waals surface area contributed by atoms with Crippen LogP contribution in [0.1, 0.15) is 38.2 Å². The molecule has 0 radical (unpaired) electrons. The largest absolute Gasteiger partial charge is 0.481 e. The van der Waals surface area contributed by atoms with Crippen molar-refractivity contribution in [1.29, 1.82) is 0 Å². The van der Waals surface area contributed by atoms with Crippen LogP contribution in [0.5, 0.6) is 0 Å². The summed E-state index contributed by atoms with van der Waals surface area (Å²) in [6.45, 7) is 4.38. The predicted molar refractivity (Wildman–Crippen MR) is 77.7 cm³/mol. The van der Waals surface area contributed by atoms with Gasteiger partial charge in [0.1, 0.15) is 0 Å². The van der Waals surface area contributed by atoms with Crippen LogP contribution in [0.15, 0.2) is 30.3 Å². The highest BCUT2D eigenvalue weighted by molar-refractivity contribution is 5.74. The van der Waals surface area contributed by atoms with Gasteiger partial charge in [-0.15, -0.1) is 0 Å². The Morgan fingerprint density at radius 2 is 1.85 bits per heavy atom. The molecule has 1 rings (SSSR count). The van der Waals surface area contributed by atoms with Crippen LogP contribution >= 0.6 is 0 Å². The van der Waals surface area contributed by atoms with Crippen LogP contribution < -0.4 is 10.6 Å². The lowest BCUT2D eigenvalue weighted by atomic mass is 9.95. The molecular weight excluding hydrogens is 256 g/mol. The molecule has 2 amide bonds. The number of benzene rings is 1. The number of carbonyl (C=O) groups is 2. The van der Waals surface area contributed by atoms with E-state index in [-0.39, 0.29) is 24.4 Å². The molecule has 5 nitrogen and oxygen atoms in total. The number of carboxylic acid groups (broad SMARTS) is 1. The molecule has 0 saturated heterocycles. The van der Waals surface area contributed by atoms with Gasteiger partial charge in [-0.1, -0.05) is 37.3 Å². The summed E-state index contributed by atoms with van der Waals surface area (Å²) in [6, 6.07) is 9.72. The van der Waals surface area contributed by atoms with Gasteiger partial charge in [0.2, 0.25) is 0 Å². The first-order valence-electron chi connectivity index (χ1n) is 6.82. The summed E-state index contributed by atoms with van der Waals surface area (Å²) in [5, 5.41) is 14.0. The molecule has 0 spiro atoms. The van der Waals surface area contributed by atoms with E-state index in [0.717, 1.165) is 0 Å². The molecule has 0 heterocycles. The number of urea groups is 1. The first kappa shape index (κ1) is 16.0. The molecule has 0 bridgehead atoms. The average Bonchev–Trinajstić information content (AvgIpc) is 2.43. The van der Waals surface area contributed by atoms with Crippen LogP contribution in [0.2, 0.25) is 0 Å². The van der Waals surface area contributed by atoms with Crippen molar-refractivity contribution in [2.45, 2.75) is 38.6 Å². The van der Waals surface area contributed by atoms with E-state index in [9.17, 15) is 9.59 Å². The number of carboxylic acids is 1. The molecule has 110 valence electrons. The second kappa shape index (κ2) is 8.19. The quantitative estimate of drug-likeness (QED) is 0.670. The zero-order chi connectivity index (χ0) is 15.0. The lowest BCUT2D eigenvalue weighted by molar-refractivity contribution is -0.137. The summed E-state index contributed by atoms with van der Waals surface area (Å²) in [6.07, 6.45) is 0.502. The third-order valence-corrected chi connectivity index (χ3v) is 3.29. The molecule has 0 aliphatic carbocycles. The Hall–Kier alpha value is -2.04. The lowest BCUT2D eigenvalue weighted by Gasteiger charge is -2.22. The van der Waals surface area contributed by atoms with Crippen LogP contribution in [-0.2, 0) is 4.79 Å². The van der Waals surface area contributed by atoms with E-state index < -0.39 is 5.97 Å². The van der Waals surface area contributed by atoms with E-state index in [1.165, 1.54) is 5.56 Å².